The summed E-state index contributed by atoms with van der Waals surface area (Å²) in [5.41, 5.74) is 14.1. The fourth-order valence-electron chi connectivity index (χ4n) is 6.10. The van der Waals surface area contributed by atoms with Gasteiger partial charge in [0.1, 0.15) is 17.0 Å². The van der Waals surface area contributed by atoms with E-state index in [2.05, 4.69) is 108 Å². The summed E-state index contributed by atoms with van der Waals surface area (Å²) in [5.74, 6) is 0.445. The highest BCUT2D eigenvalue weighted by Gasteiger charge is 2.14. The highest BCUT2D eigenvalue weighted by Crippen LogP contribution is 2.37. The van der Waals surface area contributed by atoms with Crippen LogP contribution in [0, 0.1) is 5.41 Å². The van der Waals surface area contributed by atoms with Crippen LogP contribution in [0.1, 0.15) is 11.1 Å². The lowest BCUT2D eigenvalue weighted by molar-refractivity contribution is 0.669. The largest absolute Gasteiger partial charge is 0.456 e. The zero-order valence-corrected chi connectivity index (χ0v) is 23.8. The molecule has 0 aliphatic carbocycles. The van der Waals surface area contributed by atoms with Gasteiger partial charge in [0.15, 0.2) is 5.84 Å². The third-order valence-electron chi connectivity index (χ3n) is 8.33. The number of nitrogens with one attached hydrogen (secondary N) is 1. The molecule has 3 N–H and O–H groups in total. The van der Waals surface area contributed by atoms with Crippen LogP contribution in [0.4, 0.5) is 0 Å². The number of amidine groups is 2. The van der Waals surface area contributed by atoms with Crippen molar-refractivity contribution in [1.29, 1.82) is 5.41 Å². The highest BCUT2D eigenvalue weighted by atomic mass is 16.3. The van der Waals surface area contributed by atoms with Crippen molar-refractivity contribution >= 4 is 55.2 Å². The summed E-state index contributed by atoms with van der Waals surface area (Å²) < 4.78 is 6.22. The SMILES string of the molecule is N=C(N=C(N)c1cc2ccccc2cc1-c1ccc(-c2ccc3oc4ccc5ccccc5c4c3c2)cc1)c1ccccc1. The van der Waals surface area contributed by atoms with Gasteiger partial charge >= 0.3 is 0 Å². The number of furan rings is 1. The second-order valence-corrected chi connectivity index (χ2v) is 11.0. The molecule has 44 heavy (non-hydrogen) atoms. The van der Waals surface area contributed by atoms with E-state index in [4.69, 9.17) is 15.6 Å². The first-order valence-electron chi connectivity index (χ1n) is 14.6. The van der Waals surface area contributed by atoms with Gasteiger partial charge < -0.3 is 10.2 Å². The van der Waals surface area contributed by atoms with Gasteiger partial charge in [-0.25, -0.2) is 4.99 Å². The molecule has 7 aromatic carbocycles. The van der Waals surface area contributed by atoms with Crippen LogP contribution in [-0.2, 0) is 0 Å². The summed E-state index contributed by atoms with van der Waals surface area (Å²) in [5, 5.41) is 15.4. The summed E-state index contributed by atoms with van der Waals surface area (Å²) in [7, 11) is 0. The minimum Gasteiger partial charge on any atom is -0.456 e. The Balaban J connectivity index is 1.21. The Morgan fingerprint density at radius 3 is 1.98 bits per heavy atom. The Kier molecular flexibility index (Phi) is 6.05. The van der Waals surface area contributed by atoms with Crippen molar-refractivity contribution in [2.24, 2.45) is 10.7 Å². The van der Waals surface area contributed by atoms with Gasteiger partial charge in [-0.2, -0.15) is 0 Å². The Morgan fingerprint density at radius 1 is 0.545 bits per heavy atom. The summed E-state index contributed by atoms with van der Waals surface area (Å²) in [4.78, 5) is 4.51. The average Bonchev–Trinajstić information content (AvgIpc) is 3.46. The molecule has 0 spiro atoms. The summed E-state index contributed by atoms with van der Waals surface area (Å²) in [6, 6.07) is 49.5. The lowest BCUT2D eigenvalue weighted by atomic mass is 9.93. The van der Waals surface area contributed by atoms with E-state index in [9.17, 15) is 0 Å². The number of aliphatic imine (C=N–C) groups is 1. The zero-order chi connectivity index (χ0) is 29.6. The Labute approximate surface area is 254 Å². The second-order valence-electron chi connectivity index (χ2n) is 11.0. The van der Waals surface area contributed by atoms with Crippen LogP contribution >= 0.6 is 0 Å². The van der Waals surface area contributed by atoms with E-state index in [0.29, 0.717) is 5.84 Å². The van der Waals surface area contributed by atoms with Gasteiger partial charge in [0.05, 0.1) is 0 Å². The minimum atomic E-state index is 0.132. The Hall–Kier alpha value is -6.00. The number of fused-ring (bicyclic) bond motifs is 6. The monoisotopic (exact) mass is 565 g/mol. The maximum Gasteiger partial charge on any atom is 0.154 e. The predicted molar refractivity (Wildman–Crippen MR) is 184 cm³/mol. The predicted octanol–water partition coefficient (Wildman–Crippen LogP) is 9.96. The van der Waals surface area contributed by atoms with Gasteiger partial charge in [-0.05, 0) is 74.1 Å². The van der Waals surface area contributed by atoms with Crippen LogP contribution in [0.2, 0.25) is 0 Å². The van der Waals surface area contributed by atoms with Crippen LogP contribution in [0.25, 0.3) is 65.7 Å². The molecule has 0 amide bonds. The lowest BCUT2D eigenvalue weighted by Crippen LogP contribution is -2.17. The van der Waals surface area contributed by atoms with Crippen molar-refractivity contribution in [3.63, 3.8) is 0 Å². The first-order valence-corrected chi connectivity index (χ1v) is 14.6. The third kappa shape index (κ3) is 4.41. The van der Waals surface area contributed by atoms with Gasteiger partial charge in [0, 0.05) is 21.9 Å². The van der Waals surface area contributed by atoms with Crippen LogP contribution in [0.5, 0.6) is 0 Å². The minimum absolute atomic E-state index is 0.132. The molecule has 0 saturated heterocycles. The number of nitrogens with two attached hydrogens (primary N) is 1. The standard InChI is InChI=1S/C40H27N3O/c41-39(28-9-2-1-3-10-28)43-40(42)34-23-30-12-5-4-11-29(30)22-33(34)27-16-14-25(15-17-27)31-19-20-36-35(24-31)38-32-13-7-6-8-26(32)18-21-37(38)44-36/h1-24H,(H3,41,42,43). The van der Waals surface area contributed by atoms with Crippen LogP contribution in [-0.4, -0.2) is 11.7 Å². The Morgan fingerprint density at radius 2 is 1.18 bits per heavy atom. The molecular weight excluding hydrogens is 538 g/mol. The molecule has 4 heteroatoms. The number of rotatable bonds is 4. The average molecular weight is 566 g/mol. The van der Waals surface area contributed by atoms with Crippen molar-refractivity contribution in [3.8, 4) is 22.3 Å². The van der Waals surface area contributed by atoms with Gasteiger partial charge in [0.2, 0.25) is 0 Å². The molecule has 1 heterocycles. The molecule has 8 rings (SSSR count). The van der Waals surface area contributed by atoms with Crippen molar-refractivity contribution in [3.05, 3.63) is 157 Å². The van der Waals surface area contributed by atoms with Gasteiger partial charge in [-0.1, -0.05) is 115 Å². The number of hydrogen-bond acceptors (Lipinski definition) is 2. The van der Waals surface area contributed by atoms with Crippen molar-refractivity contribution < 1.29 is 4.42 Å². The molecule has 0 bridgehead atoms. The van der Waals surface area contributed by atoms with Gasteiger partial charge in [0.25, 0.3) is 0 Å². The fraction of sp³-hybridized carbons (Fsp3) is 0. The molecule has 0 aliphatic rings. The molecule has 208 valence electrons. The molecule has 0 unspecified atom stereocenters. The first kappa shape index (κ1) is 25.7. The van der Waals surface area contributed by atoms with Crippen LogP contribution in [0.3, 0.4) is 0 Å². The van der Waals surface area contributed by atoms with E-state index >= 15 is 0 Å². The van der Waals surface area contributed by atoms with E-state index < -0.39 is 0 Å². The lowest BCUT2D eigenvalue weighted by Gasteiger charge is -2.13. The fourth-order valence-corrected chi connectivity index (χ4v) is 6.10. The summed E-state index contributed by atoms with van der Waals surface area (Å²) >= 11 is 0. The molecule has 0 fully saturated rings. The van der Waals surface area contributed by atoms with E-state index in [0.717, 1.165) is 66.1 Å². The van der Waals surface area contributed by atoms with Crippen LogP contribution in [0.15, 0.2) is 155 Å². The van der Waals surface area contributed by atoms with Crippen molar-refractivity contribution in [2.75, 3.05) is 0 Å². The van der Waals surface area contributed by atoms with Gasteiger partial charge in [-0.15, -0.1) is 0 Å². The third-order valence-corrected chi connectivity index (χ3v) is 8.33. The summed E-state index contributed by atoms with van der Waals surface area (Å²) in [6.07, 6.45) is 0. The van der Waals surface area contributed by atoms with E-state index in [1.165, 1.54) is 10.8 Å². The topological polar surface area (TPSA) is 75.4 Å². The molecule has 0 aliphatic heterocycles. The smallest absolute Gasteiger partial charge is 0.154 e. The number of nitrogens with zero attached hydrogens (tertiary/aromatic N) is 1. The van der Waals surface area contributed by atoms with Crippen molar-refractivity contribution in [2.45, 2.75) is 0 Å². The van der Waals surface area contributed by atoms with E-state index in [1.807, 2.05) is 42.5 Å². The first-order chi connectivity index (χ1) is 21.6. The number of benzene rings is 7. The quantitative estimate of drug-likeness (QED) is 0.165. The molecule has 1 aromatic heterocycles. The maximum atomic E-state index is 8.54. The zero-order valence-electron chi connectivity index (χ0n) is 23.8. The van der Waals surface area contributed by atoms with E-state index in [1.54, 1.807) is 0 Å². The van der Waals surface area contributed by atoms with Crippen LogP contribution < -0.4 is 5.73 Å². The van der Waals surface area contributed by atoms with Gasteiger partial charge in [-0.3, -0.25) is 5.41 Å². The Bertz CT molecular complexity index is 2400. The summed E-state index contributed by atoms with van der Waals surface area (Å²) in [6.45, 7) is 0. The number of hydrogen-bond donors (Lipinski definition) is 2. The second kappa shape index (κ2) is 10.4. The van der Waals surface area contributed by atoms with E-state index in [-0.39, 0.29) is 5.84 Å². The normalized spacial score (nSPS) is 12.0. The van der Waals surface area contributed by atoms with Crippen molar-refractivity contribution in [1.82, 2.24) is 0 Å². The molecule has 8 aromatic rings. The molecule has 0 atom stereocenters. The molecule has 0 saturated carbocycles. The molecular formula is C40H27N3O. The molecule has 4 nitrogen and oxygen atoms in total. The highest BCUT2D eigenvalue weighted by molar-refractivity contribution is 6.19. The maximum absolute atomic E-state index is 8.54. The molecule has 0 radical (unpaired) electrons.